The average Bonchev–Trinajstić information content (AvgIpc) is 3.00. The van der Waals surface area contributed by atoms with Crippen molar-refractivity contribution in [2.75, 3.05) is 0 Å². The van der Waals surface area contributed by atoms with Crippen molar-refractivity contribution in [2.24, 2.45) is 0 Å². The number of halogens is 1. The molecule has 1 aromatic heterocycles. The average molecular weight is 326 g/mol. The van der Waals surface area contributed by atoms with E-state index in [-0.39, 0.29) is 17.9 Å². The first-order valence-electron chi connectivity index (χ1n) is 7.81. The van der Waals surface area contributed by atoms with E-state index in [0.29, 0.717) is 17.9 Å². The minimum Gasteiger partial charge on any atom is -0.459 e. The lowest BCUT2D eigenvalue weighted by atomic mass is 10.1. The van der Waals surface area contributed by atoms with Crippen LogP contribution in [0.1, 0.15) is 29.9 Å². The van der Waals surface area contributed by atoms with Gasteiger partial charge in [-0.25, -0.2) is 9.18 Å². The van der Waals surface area contributed by atoms with E-state index in [1.54, 1.807) is 19.1 Å². The number of rotatable bonds is 4. The molecule has 3 aromatic rings. The lowest BCUT2D eigenvalue weighted by Gasteiger charge is -2.13. The van der Waals surface area contributed by atoms with Crippen LogP contribution in [0.25, 0.3) is 11.0 Å². The normalized spacial score (nSPS) is 12.1. The van der Waals surface area contributed by atoms with Crippen LogP contribution in [0.3, 0.4) is 0 Å². The number of aryl methyl sites for hydroxylation is 1. The standard InChI is InChI=1S/C19H19FN2O2/c1-12-9-14(7-8-16(12)20)11-21-19(23)22-13(2)18-10-15-5-3-4-6-17(15)24-18/h3-10,13H,11H2,1-2H3,(H2,21,22,23). The van der Waals surface area contributed by atoms with Crippen molar-refractivity contribution in [1.82, 2.24) is 10.6 Å². The Balaban J connectivity index is 1.58. The number of nitrogens with one attached hydrogen (secondary N) is 2. The van der Waals surface area contributed by atoms with Gasteiger partial charge in [-0.3, -0.25) is 0 Å². The highest BCUT2D eigenvalue weighted by Crippen LogP contribution is 2.23. The zero-order chi connectivity index (χ0) is 17.1. The summed E-state index contributed by atoms with van der Waals surface area (Å²) in [6, 6.07) is 13.8. The van der Waals surface area contributed by atoms with Gasteiger partial charge in [0.05, 0.1) is 6.04 Å². The first kappa shape index (κ1) is 16.1. The number of carbonyl (C=O) groups is 1. The second-order valence-corrected chi connectivity index (χ2v) is 5.82. The van der Waals surface area contributed by atoms with Crippen LogP contribution < -0.4 is 10.6 Å². The maximum Gasteiger partial charge on any atom is 0.315 e. The van der Waals surface area contributed by atoms with E-state index in [2.05, 4.69) is 10.6 Å². The summed E-state index contributed by atoms with van der Waals surface area (Å²) in [5.74, 6) is 0.450. The Labute approximate surface area is 139 Å². The van der Waals surface area contributed by atoms with Gasteiger partial charge in [-0.1, -0.05) is 30.3 Å². The Morgan fingerprint density at radius 2 is 2.00 bits per heavy atom. The summed E-state index contributed by atoms with van der Waals surface area (Å²) in [6.45, 7) is 3.89. The monoisotopic (exact) mass is 326 g/mol. The van der Waals surface area contributed by atoms with E-state index in [1.165, 1.54) is 6.07 Å². The summed E-state index contributed by atoms with van der Waals surface area (Å²) in [4.78, 5) is 12.0. The number of fused-ring (bicyclic) bond motifs is 1. The van der Waals surface area contributed by atoms with Crippen LogP contribution >= 0.6 is 0 Å². The fourth-order valence-corrected chi connectivity index (χ4v) is 2.53. The van der Waals surface area contributed by atoms with Crippen molar-refractivity contribution >= 4 is 17.0 Å². The molecule has 4 nitrogen and oxygen atoms in total. The summed E-state index contributed by atoms with van der Waals surface area (Å²) in [6.07, 6.45) is 0. The van der Waals surface area contributed by atoms with Gasteiger partial charge in [-0.05, 0) is 43.2 Å². The highest BCUT2D eigenvalue weighted by Gasteiger charge is 2.14. The Hall–Kier alpha value is -2.82. The molecule has 1 unspecified atom stereocenters. The lowest BCUT2D eigenvalue weighted by molar-refractivity contribution is 0.236. The molecule has 0 radical (unpaired) electrons. The molecule has 0 spiro atoms. The number of para-hydroxylation sites is 1. The predicted molar refractivity (Wildman–Crippen MR) is 91.1 cm³/mol. The maximum absolute atomic E-state index is 13.2. The van der Waals surface area contributed by atoms with Crippen molar-refractivity contribution < 1.29 is 13.6 Å². The topological polar surface area (TPSA) is 54.3 Å². The van der Waals surface area contributed by atoms with Crippen molar-refractivity contribution in [1.29, 1.82) is 0 Å². The van der Waals surface area contributed by atoms with Crippen molar-refractivity contribution in [3.8, 4) is 0 Å². The number of amides is 2. The molecule has 0 saturated heterocycles. The molecule has 0 aliphatic carbocycles. The Morgan fingerprint density at radius 3 is 2.75 bits per heavy atom. The van der Waals surface area contributed by atoms with Crippen LogP contribution in [0.15, 0.2) is 52.9 Å². The molecule has 0 bridgehead atoms. The molecule has 5 heteroatoms. The third-order valence-corrected chi connectivity index (χ3v) is 3.89. The highest BCUT2D eigenvalue weighted by molar-refractivity contribution is 5.78. The molecule has 24 heavy (non-hydrogen) atoms. The Morgan fingerprint density at radius 1 is 1.21 bits per heavy atom. The van der Waals surface area contributed by atoms with Gasteiger partial charge in [0.25, 0.3) is 0 Å². The van der Waals surface area contributed by atoms with E-state index in [4.69, 9.17) is 4.42 Å². The molecule has 1 heterocycles. The number of benzene rings is 2. The van der Waals surface area contributed by atoms with E-state index in [1.807, 2.05) is 37.3 Å². The SMILES string of the molecule is Cc1cc(CNC(=O)NC(C)c2cc3ccccc3o2)ccc1F. The number of furan rings is 1. The summed E-state index contributed by atoms with van der Waals surface area (Å²) in [5.41, 5.74) is 2.20. The smallest absolute Gasteiger partial charge is 0.315 e. The number of urea groups is 1. The summed E-state index contributed by atoms with van der Waals surface area (Å²) in [5, 5.41) is 6.60. The molecule has 0 fully saturated rings. The first-order chi connectivity index (χ1) is 11.5. The van der Waals surface area contributed by atoms with E-state index >= 15 is 0 Å². The van der Waals surface area contributed by atoms with Crippen molar-refractivity contribution in [2.45, 2.75) is 26.4 Å². The number of hydrogen-bond acceptors (Lipinski definition) is 2. The van der Waals surface area contributed by atoms with Gasteiger partial charge in [-0.2, -0.15) is 0 Å². The maximum atomic E-state index is 13.2. The zero-order valence-electron chi connectivity index (χ0n) is 13.6. The van der Waals surface area contributed by atoms with Crippen molar-refractivity contribution in [3.05, 3.63) is 71.2 Å². The molecule has 1 atom stereocenters. The van der Waals surface area contributed by atoms with Crippen LogP contribution in [-0.2, 0) is 6.54 Å². The Kier molecular flexibility index (Phi) is 4.51. The van der Waals surface area contributed by atoms with Crippen LogP contribution in [0.2, 0.25) is 0 Å². The van der Waals surface area contributed by atoms with Gasteiger partial charge in [0.2, 0.25) is 0 Å². The van der Waals surface area contributed by atoms with Gasteiger partial charge >= 0.3 is 6.03 Å². The number of carbonyl (C=O) groups excluding carboxylic acids is 1. The Bertz CT molecular complexity index is 840. The van der Waals surface area contributed by atoms with Gasteiger partial charge in [0, 0.05) is 11.9 Å². The predicted octanol–water partition coefficient (Wildman–Crippen LogP) is 4.44. The molecule has 3 rings (SSSR count). The number of hydrogen-bond donors (Lipinski definition) is 2. The quantitative estimate of drug-likeness (QED) is 0.744. The largest absolute Gasteiger partial charge is 0.459 e. The van der Waals surface area contributed by atoms with Crippen LogP contribution in [0.4, 0.5) is 9.18 Å². The molecule has 2 N–H and O–H groups in total. The minimum atomic E-state index is -0.301. The summed E-state index contributed by atoms with van der Waals surface area (Å²) in [7, 11) is 0. The molecule has 124 valence electrons. The van der Waals surface area contributed by atoms with Crippen LogP contribution in [0.5, 0.6) is 0 Å². The molecule has 2 aromatic carbocycles. The fraction of sp³-hybridized carbons (Fsp3) is 0.211. The second-order valence-electron chi connectivity index (χ2n) is 5.82. The van der Waals surface area contributed by atoms with E-state index < -0.39 is 0 Å². The second kappa shape index (κ2) is 6.74. The van der Waals surface area contributed by atoms with Gasteiger partial charge in [-0.15, -0.1) is 0 Å². The first-order valence-corrected chi connectivity index (χ1v) is 7.81. The van der Waals surface area contributed by atoms with E-state index in [0.717, 1.165) is 16.5 Å². The molecular formula is C19H19FN2O2. The van der Waals surface area contributed by atoms with Crippen molar-refractivity contribution in [3.63, 3.8) is 0 Å². The third-order valence-electron chi connectivity index (χ3n) is 3.89. The van der Waals surface area contributed by atoms with Crippen LogP contribution in [-0.4, -0.2) is 6.03 Å². The van der Waals surface area contributed by atoms with Gasteiger partial charge in [0.1, 0.15) is 17.2 Å². The molecule has 0 aliphatic heterocycles. The van der Waals surface area contributed by atoms with Gasteiger partial charge in [0.15, 0.2) is 0 Å². The summed E-state index contributed by atoms with van der Waals surface area (Å²) >= 11 is 0. The molecule has 0 saturated carbocycles. The lowest BCUT2D eigenvalue weighted by Crippen LogP contribution is -2.36. The zero-order valence-corrected chi connectivity index (χ0v) is 13.6. The minimum absolute atomic E-state index is 0.248. The van der Waals surface area contributed by atoms with Crippen LogP contribution in [0, 0.1) is 12.7 Å². The molecule has 2 amide bonds. The highest BCUT2D eigenvalue weighted by atomic mass is 19.1. The molecular weight excluding hydrogens is 307 g/mol. The van der Waals surface area contributed by atoms with Gasteiger partial charge < -0.3 is 15.1 Å². The van der Waals surface area contributed by atoms with E-state index in [9.17, 15) is 9.18 Å². The third kappa shape index (κ3) is 3.56. The summed E-state index contributed by atoms with van der Waals surface area (Å²) < 4.78 is 19.0. The fourth-order valence-electron chi connectivity index (χ4n) is 2.53. The molecule has 0 aliphatic rings.